The number of oxime groups is 1. The van der Waals surface area contributed by atoms with Crippen molar-refractivity contribution in [2.24, 2.45) is 10.9 Å². The molecule has 0 amide bonds. The van der Waals surface area contributed by atoms with Crippen molar-refractivity contribution in [2.75, 3.05) is 24.6 Å². The smallest absolute Gasteiger partial charge is 0.174 e. The van der Waals surface area contributed by atoms with Crippen LogP contribution in [0.1, 0.15) is 23.7 Å². The highest BCUT2D eigenvalue weighted by atomic mass is 16.5. The zero-order valence-electron chi connectivity index (χ0n) is 12.6. The lowest BCUT2D eigenvalue weighted by Gasteiger charge is -2.37. The Morgan fingerprint density at radius 1 is 1.52 bits per heavy atom. The van der Waals surface area contributed by atoms with E-state index in [1.807, 2.05) is 31.7 Å². The summed E-state index contributed by atoms with van der Waals surface area (Å²) in [5.41, 5.74) is 8.18. The molecule has 2 heterocycles. The minimum atomic E-state index is -0.267. The van der Waals surface area contributed by atoms with Gasteiger partial charge in [0.05, 0.1) is 24.4 Å². The molecule has 1 aliphatic heterocycles. The van der Waals surface area contributed by atoms with Gasteiger partial charge in [0.2, 0.25) is 0 Å². The summed E-state index contributed by atoms with van der Waals surface area (Å²) in [4.78, 5) is 6.56. The molecular weight excluding hydrogens is 272 g/mol. The first-order chi connectivity index (χ1) is 9.96. The maximum atomic E-state index is 9.35. The number of ether oxygens (including phenoxy) is 1. The van der Waals surface area contributed by atoms with Gasteiger partial charge in [-0.3, -0.25) is 0 Å². The van der Waals surface area contributed by atoms with Gasteiger partial charge in [-0.15, -0.1) is 0 Å². The highest BCUT2D eigenvalue weighted by Gasteiger charge is 2.28. The van der Waals surface area contributed by atoms with Crippen molar-refractivity contribution in [1.82, 2.24) is 4.98 Å². The van der Waals surface area contributed by atoms with Crippen molar-refractivity contribution in [3.8, 4) is 0 Å². The predicted molar refractivity (Wildman–Crippen MR) is 79.9 cm³/mol. The van der Waals surface area contributed by atoms with Gasteiger partial charge in [-0.25, -0.2) is 4.98 Å². The molecule has 1 saturated heterocycles. The summed E-state index contributed by atoms with van der Waals surface area (Å²) in [6.45, 7) is 6.85. The van der Waals surface area contributed by atoms with E-state index in [1.54, 1.807) is 0 Å². The fraction of sp³-hybridized carbons (Fsp3) is 0.571. The molecule has 2 rings (SSSR count). The third-order valence-corrected chi connectivity index (χ3v) is 3.52. The minimum absolute atomic E-state index is 0.0290. The van der Waals surface area contributed by atoms with Crippen LogP contribution in [0.15, 0.2) is 11.2 Å². The van der Waals surface area contributed by atoms with Gasteiger partial charge in [0.1, 0.15) is 5.82 Å². The molecule has 7 nitrogen and oxygen atoms in total. The number of aliphatic hydroxyl groups is 1. The van der Waals surface area contributed by atoms with E-state index in [4.69, 9.17) is 15.7 Å². The molecule has 4 N–H and O–H groups in total. The number of rotatable bonds is 3. The molecule has 0 saturated carbocycles. The SMILES string of the molecule is Cc1cc(C)c(/C(N)=N/O)c(N2CC(C)OC(CO)C2)n1. The van der Waals surface area contributed by atoms with Crippen LogP contribution in [0.25, 0.3) is 0 Å². The number of morpholine rings is 1. The Labute approximate surface area is 124 Å². The molecule has 0 bridgehead atoms. The van der Waals surface area contributed by atoms with Gasteiger partial charge in [-0.1, -0.05) is 5.16 Å². The first kappa shape index (κ1) is 15.5. The Hall–Kier alpha value is -1.86. The van der Waals surface area contributed by atoms with E-state index in [2.05, 4.69) is 10.1 Å². The van der Waals surface area contributed by atoms with E-state index >= 15 is 0 Å². The number of anilines is 1. The summed E-state index contributed by atoms with van der Waals surface area (Å²) >= 11 is 0. The lowest BCUT2D eigenvalue weighted by molar-refractivity contribution is -0.0423. The number of hydrogen-bond acceptors (Lipinski definition) is 6. The highest BCUT2D eigenvalue weighted by Crippen LogP contribution is 2.25. The predicted octanol–water partition coefficient (Wildman–Crippen LogP) is 0.379. The van der Waals surface area contributed by atoms with Crippen molar-refractivity contribution in [2.45, 2.75) is 33.0 Å². The molecule has 2 unspecified atom stereocenters. The van der Waals surface area contributed by atoms with Crippen molar-refractivity contribution in [3.05, 3.63) is 22.9 Å². The molecule has 7 heteroatoms. The molecule has 0 aliphatic carbocycles. The Balaban J connectivity index is 2.46. The molecule has 21 heavy (non-hydrogen) atoms. The van der Waals surface area contributed by atoms with Gasteiger partial charge >= 0.3 is 0 Å². The summed E-state index contributed by atoms with van der Waals surface area (Å²) in [6, 6.07) is 1.89. The molecular formula is C14H22N4O3. The number of nitrogens with zero attached hydrogens (tertiary/aromatic N) is 3. The number of aromatic nitrogens is 1. The fourth-order valence-electron chi connectivity index (χ4n) is 2.73. The van der Waals surface area contributed by atoms with Gasteiger partial charge in [0, 0.05) is 18.8 Å². The molecule has 1 aromatic rings. The van der Waals surface area contributed by atoms with Gasteiger partial charge in [0.25, 0.3) is 0 Å². The average Bonchev–Trinajstić information content (AvgIpc) is 2.45. The van der Waals surface area contributed by atoms with Crippen LogP contribution in [0.3, 0.4) is 0 Å². The first-order valence-corrected chi connectivity index (χ1v) is 6.93. The van der Waals surface area contributed by atoms with E-state index in [0.29, 0.717) is 24.5 Å². The van der Waals surface area contributed by atoms with Gasteiger partial charge in [0.15, 0.2) is 5.84 Å². The third-order valence-electron chi connectivity index (χ3n) is 3.52. The Morgan fingerprint density at radius 2 is 2.24 bits per heavy atom. The summed E-state index contributed by atoms with van der Waals surface area (Å²) in [6.07, 6.45) is -0.296. The zero-order valence-corrected chi connectivity index (χ0v) is 12.6. The lowest BCUT2D eigenvalue weighted by atomic mass is 10.1. The summed E-state index contributed by atoms with van der Waals surface area (Å²) in [7, 11) is 0. The van der Waals surface area contributed by atoms with Crippen molar-refractivity contribution < 1.29 is 15.1 Å². The molecule has 1 aliphatic rings. The fourth-order valence-corrected chi connectivity index (χ4v) is 2.73. The molecule has 0 radical (unpaired) electrons. The van der Waals surface area contributed by atoms with Crippen LogP contribution in [-0.2, 0) is 4.74 Å². The number of nitrogens with two attached hydrogens (primary N) is 1. The maximum Gasteiger partial charge on any atom is 0.174 e. The van der Waals surface area contributed by atoms with Gasteiger partial charge in [-0.05, 0) is 32.4 Å². The van der Waals surface area contributed by atoms with Gasteiger partial charge < -0.3 is 25.7 Å². The van der Waals surface area contributed by atoms with Crippen LogP contribution >= 0.6 is 0 Å². The van der Waals surface area contributed by atoms with E-state index in [9.17, 15) is 5.11 Å². The Kier molecular flexibility index (Phi) is 4.64. The lowest BCUT2D eigenvalue weighted by Crippen LogP contribution is -2.49. The second-order valence-corrected chi connectivity index (χ2v) is 5.42. The molecule has 1 aromatic heterocycles. The maximum absolute atomic E-state index is 9.35. The summed E-state index contributed by atoms with van der Waals surface area (Å²) < 4.78 is 5.64. The van der Waals surface area contributed by atoms with E-state index in [1.165, 1.54) is 0 Å². The second kappa shape index (κ2) is 6.28. The van der Waals surface area contributed by atoms with E-state index in [-0.39, 0.29) is 24.7 Å². The summed E-state index contributed by atoms with van der Waals surface area (Å²) in [5.74, 6) is 0.700. The van der Waals surface area contributed by atoms with Crippen LogP contribution in [0.4, 0.5) is 5.82 Å². The number of pyridine rings is 1. The van der Waals surface area contributed by atoms with Crippen LogP contribution in [0.2, 0.25) is 0 Å². The Bertz CT molecular complexity index is 547. The minimum Gasteiger partial charge on any atom is -0.409 e. The quantitative estimate of drug-likeness (QED) is 0.322. The van der Waals surface area contributed by atoms with Crippen molar-refractivity contribution >= 4 is 11.7 Å². The van der Waals surface area contributed by atoms with Crippen LogP contribution in [0, 0.1) is 13.8 Å². The third kappa shape index (κ3) is 3.25. The number of hydrogen-bond donors (Lipinski definition) is 3. The molecule has 0 spiro atoms. The number of aliphatic hydroxyl groups excluding tert-OH is 1. The van der Waals surface area contributed by atoms with Crippen molar-refractivity contribution in [3.63, 3.8) is 0 Å². The van der Waals surface area contributed by atoms with Gasteiger partial charge in [-0.2, -0.15) is 0 Å². The molecule has 0 aromatic carbocycles. The van der Waals surface area contributed by atoms with E-state index in [0.717, 1.165) is 11.3 Å². The topological polar surface area (TPSA) is 104 Å². The average molecular weight is 294 g/mol. The largest absolute Gasteiger partial charge is 0.409 e. The van der Waals surface area contributed by atoms with Crippen LogP contribution in [-0.4, -0.2) is 53.0 Å². The molecule has 1 fully saturated rings. The van der Waals surface area contributed by atoms with Crippen LogP contribution < -0.4 is 10.6 Å². The first-order valence-electron chi connectivity index (χ1n) is 6.93. The molecule has 2 atom stereocenters. The van der Waals surface area contributed by atoms with E-state index < -0.39 is 0 Å². The Morgan fingerprint density at radius 3 is 2.86 bits per heavy atom. The number of amidine groups is 1. The summed E-state index contributed by atoms with van der Waals surface area (Å²) in [5, 5.41) is 21.5. The van der Waals surface area contributed by atoms with Crippen LogP contribution in [0.5, 0.6) is 0 Å². The highest BCUT2D eigenvalue weighted by molar-refractivity contribution is 6.02. The number of aryl methyl sites for hydroxylation is 2. The monoisotopic (exact) mass is 294 g/mol. The molecule has 116 valence electrons. The normalized spacial score (nSPS) is 23.4. The van der Waals surface area contributed by atoms with Crippen molar-refractivity contribution in [1.29, 1.82) is 0 Å². The second-order valence-electron chi connectivity index (χ2n) is 5.42. The standard InChI is InChI=1S/C14H22N4O3/c1-8-4-9(2)16-14(12(8)13(15)17-20)18-5-10(3)21-11(6-18)7-19/h4,10-11,19-20H,5-7H2,1-3H3,(H2,15,17). The zero-order chi connectivity index (χ0) is 15.6.